The van der Waals surface area contributed by atoms with E-state index in [4.69, 9.17) is 9.84 Å². The number of nitrogens with zero attached hydrogens (tertiary/aromatic N) is 1. The lowest BCUT2D eigenvalue weighted by atomic mass is 10.2. The summed E-state index contributed by atoms with van der Waals surface area (Å²) in [5.74, 6) is 0. The summed E-state index contributed by atoms with van der Waals surface area (Å²) in [6.45, 7) is 4.80. The fraction of sp³-hybridized carbons (Fsp3) is 1.00. The Balaban J connectivity index is 2.26. The highest BCUT2D eigenvalue weighted by Gasteiger charge is 2.20. The maximum absolute atomic E-state index is 8.89. The average Bonchev–Trinajstić information content (AvgIpc) is 2.65. The maximum atomic E-state index is 8.89. The Labute approximate surface area is 79.9 Å². The standard InChI is InChI=1S/C9H20N2O2/c1-13-7-5-11(4-6-12)9-2-3-10-8-9/h9-10,12H,2-8H2,1H3. The topological polar surface area (TPSA) is 44.7 Å². The highest BCUT2D eigenvalue weighted by Crippen LogP contribution is 2.07. The Morgan fingerprint density at radius 2 is 2.38 bits per heavy atom. The number of aliphatic hydroxyl groups excluding tert-OH is 1. The van der Waals surface area contributed by atoms with Crippen molar-refractivity contribution in [2.45, 2.75) is 12.5 Å². The number of nitrogens with one attached hydrogen (secondary N) is 1. The van der Waals surface area contributed by atoms with Crippen molar-refractivity contribution in [3.63, 3.8) is 0 Å². The molecule has 1 unspecified atom stereocenters. The largest absolute Gasteiger partial charge is 0.395 e. The molecule has 1 rings (SSSR count). The van der Waals surface area contributed by atoms with E-state index in [2.05, 4.69) is 10.2 Å². The first-order valence-corrected chi connectivity index (χ1v) is 4.93. The van der Waals surface area contributed by atoms with Crippen LogP contribution in [0.15, 0.2) is 0 Å². The van der Waals surface area contributed by atoms with Crippen LogP contribution in [0, 0.1) is 0 Å². The van der Waals surface area contributed by atoms with Crippen molar-refractivity contribution in [2.75, 3.05) is 46.5 Å². The molecule has 4 heteroatoms. The summed E-state index contributed by atoms with van der Waals surface area (Å²) >= 11 is 0. The van der Waals surface area contributed by atoms with Crippen LogP contribution in [-0.4, -0.2) is 62.6 Å². The third-order valence-electron chi connectivity index (χ3n) is 2.52. The van der Waals surface area contributed by atoms with Crippen molar-refractivity contribution >= 4 is 0 Å². The van der Waals surface area contributed by atoms with Crippen molar-refractivity contribution in [1.82, 2.24) is 10.2 Å². The molecule has 1 fully saturated rings. The van der Waals surface area contributed by atoms with Crippen molar-refractivity contribution in [2.24, 2.45) is 0 Å². The molecule has 1 aliphatic heterocycles. The minimum atomic E-state index is 0.236. The van der Waals surface area contributed by atoms with E-state index in [9.17, 15) is 0 Å². The van der Waals surface area contributed by atoms with E-state index in [1.54, 1.807) is 7.11 Å². The molecular weight excluding hydrogens is 168 g/mol. The van der Waals surface area contributed by atoms with E-state index in [-0.39, 0.29) is 6.61 Å². The molecule has 0 amide bonds. The number of methoxy groups -OCH3 is 1. The molecule has 2 N–H and O–H groups in total. The van der Waals surface area contributed by atoms with Crippen LogP contribution in [0.25, 0.3) is 0 Å². The third-order valence-corrected chi connectivity index (χ3v) is 2.52. The van der Waals surface area contributed by atoms with Crippen LogP contribution >= 0.6 is 0 Å². The minimum Gasteiger partial charge on any atom is -0.395 e. The quantitative estimate of drug-likeness (QED) is 0.578. The Kier molecular flexibility index (Phi) is 5.31. The van der Waals surface area contributed by atoms with Gasteiger partial charge in [0, 0.05) is 32.8 Å². The van der Waals surface area contributed by atoms with Gasteiger partial charge in [-0.15, -0.1) is 0 Å². The highest BCUT2D eigenvalue weighted by molar-refractivity contribution is 4.80. The molecule has 13 heavy (non-hydrogen) atoms. The molecule has 0 spiro atoms. The summed E-state index contributed by atoms with van der Waals surface area (Å²) in [7, 11) is 1.71. The number of hydrogen-bond donors (Lipinski definition) is 2. The lowest BCUT2D eigenvalue weighted by Crippen LogP contribution is -2.40. The normalized spacial score (nSPS) is 22.8. The molecule has 78 valence electrons. The summed E-state index contributed by atoms with van der Waals surface area (Å²) < 4.78 is 5.03. The van der Waals surface area contributed by atoms with Gasteiger partial charge >= 0.3 is 0 Å². The molecule has 1 aliphatic rings. The molecule has 0 radical (unpaired) electrons. The van der Waals surface area contributed by atoms with Gasteiger partial charge in [0.15, 0.2) is 0 Å². The molecule has 4 nitrogen and oxygen atoms in total. The molecule has 0 aliphatic carbocycles. The Hall–Kier alpha value is -0.160. The van der Waals surface area contributed by atoms with Crippen LogP contribution in [0.5, 0.6) is 0 Å². The second kappa shape index (κ2) is 6.32. The number of rotatable bonds is 6. The molecule has 0 aromatic heterocycles. The SMILES string of the molecule is COCCN(CCO)C1CCNC1. The summed E-state index contributed by atoms with van der Waals surface area (Å²) in [5, 5.41) is 12.2. The van der Waals surface area contributed by atoms with Gasteiger partial charge in [-0.05, 0) is 13.0 Å². The molecular formula is C9H20N2O2. The summed E-state index contributed by atoms with van der Waals surface area (Å²) in [6, 6.07) is 0.585. The van der Waals surface area contributed by atoms with Gasteiger partial charge in [0.2, 0.25) is 0 Å². The Bertz CT molecular complexity index is 127. The zero-order chi connectivity index (χ0) is 9.52. The van der Waals surface area contributed by atoms with Gasteiger partial charge in [0.25, 0.3) is 0 Å². The van der Waals surface area contributed by atoms with Gasteiger partial charge in [-0.3, -0.25) is 4.90 Å². The van der Waals surface area contributed by atoms with Crippen LogP contribution in [0.3, 0.4) is 0 Å². The number of ether oxygens (including phenoxy) is 1. The van der Waals surface area contributed by atoms with Crippen molar-refractivity contribution in [3.05, 3.63) is 0 Å². The number of hydrogen-bond acceptors (Lipinski definition) is 4. The predicted molar refractivity (Wildman–Crippen MR) is 51.8 cm³/mol. The lowest BCUT2D eigenvalue weighted by Gasteiger charge is -2.26. The average molecular weight is 188 g/mol. The highest BCUT2D eigenvalue weighted by atomic mass is 16.5. The lowest BCUT2D eigenvalue weighted by molar-refractivity contribution is 0.107. The van der Waals surface area contributed by atoms with Crippen LogP contribution in [0.2, 0.25) is 0 Å². The smallest absolute Gasteiger partial charge is 0.0589 e. The first-order chi connectivity index (χ1) is 6.38. The van der Waals surface area contributed by atoms with Crippen LogP contribution in [0.1, 0.15) is 6.42 Å². The first kappa shape index (κ1) is 10.9. The van der Waals surface area contributed by atoms with E-state index in [0.717, 1.165) is 32.8 Å². The third kappa shape index (κ3) is 3.60. The molecule has 1 atom stereocenters. The first-order valence-electron chi connectivity index (χ1n) is 4.93. The van der Waals surface area contributed by atoms with Crippen molar-refractivity contribution in [1.29, 1.82) is 0 Å². The zero-order valence-electron chi connectivity index (χ0n) is 8.33. The van der Waals surface area contributed by atoms with E-state index < -0.39 is 0 Å². The molecule has 0 bridgehead atoms. The molecule has 1 saturated heterocycles. The fourth-order valence-corrected chi connectivity index (χ4v) is 1.77. The second-order valence-electron chi connectivity index (χ2n) is 3.40. The monoisotopic (exact) mass is 188 g/mol. The van der Waals surface area contributed by atoms with E-state index >= 15 is 0 Å². The van der Waals surface area contributed by atoms with E-state index in [1.807, 2.05) is 0 Å². The van der Waals surface area contributed by atoms with Gasteiger partial charge in [-0.1, -0.05) is 0 Å². The second-order valence-corrected chi connectivity index (χ2v) is 3.40. The van der Waals surface area contributed by atoms with Crippen LogP contribution < -0.4 is 5.32 Å². The Morgan fingerprint density at radius 1 is 1.54 bits per heavy atom. The maximum Gasteiger partial charge on any atom is 0.0589 e. The predicted octanol–water partition coefficient (Wildman–Crippen LogP) is -0.711. The van der Waals surface area contributed by atoms with Gasteiger partial charge in [-0.25, -0.2) is 0 Å². The summed E-state index contributed by atoms with van der Waals surface area (Å²) in [5.41, 5.74) is 0. The molecule has 0 saturated carbocycles. The molecule has 0 aromatic carbocycles. The zero-order valence-corrected chi connectivity index (χ0v) is 8.33. The van der Waals surface area contributed by atoms with E-state index in [0.29, 0.717) is 6.04 Å². The van der Waals surface area contributed by atoms with Crippen molar-refractivity contribution < 1.29 is 9.84 Å². The Morgan fingerprint density at radius 3 is 2.92 bits per heavy atom. The van der Waals surface area contributed by atoms with Gasteiger partial charge < -0.3 is 15.2 Å². The van der Waals surface area contributed by atoms with E-state index in [1.165, 1.54) is 6.42 Å². The molecule has 1 heterocycles. The number of aliphatic hydroxyl groups is 1. The minimum absolute atomic E-state index is 0.236. The van der Waals surface area contributed by atoms with Gasteiger partial charge in [0.05, 0.1) is 13.2 Å². The van der Waals surface area contributed by atoms with Crippen LogP contribution in [0.4, 0.5) is 0 Å². The van der Waals surface area contributed by atoms with Crippen LogP contribution in [-0.2, 0) is 4.74 Å². The van der Waals surface area contributed by atoms with Gasteiger partial charge in [-0.2, -0.15) is 0 Å². The van der Waals surface area contributed by atoms with Gasteiger partial charge in [0.1, 0.15) is 0 Å². The molecule has 0 aromatic rings. The fourth-order valence-electron chi connectivity index (χ4n) is 1.77. The summed E-state index contributed by atoms with van der Waals surface area (Å²) in [6.07, 6.45) is 1.18. The van der Waals surface area contributed by atoms with Crippen molar-refractivity contribution in [3.8, 4) is 0 Å². The summed E-state index contributed by atoms with van der Waals surface area (Å²) in [4.78, 5) is 2.30.